The Balaban J connectivity index is 1.44. The molecule has 1 fully saturated rings. The van der Waals surface area contributed by atoms with Gasteiger partial charge < -0.3 is 0 Å². The van der Waals surface area contributed by atoms with Crippen molar-refractivity contribution in [3.05, 3.63) is 107 Å². The zero-order chi connectivity index (χ0) is 29.0. The van der Waals surface area contributed by atoms with Crippen molar-refractivity contribution in [1.82, 2.24) is 24.1 Å². The Kier molecular flexibility index (Phi) is 6.38. The van der Waals surface area contributed by atoms with E-state index >= 15 is 0 Å². The zero-order valence-corrected chi connectivity index (χ0v) is 22.0. The molecule has 4 aromatic rings. The molecule has 8 nitrogen and oxygen atoms in total. The van der Waals surface area contributed by atoms with Crippen LogP contribution in [0.4, 0.5) is 17.6 Å². The Morgan fingerprint density at radius 2 is 1.78 bits per heavy atom. The van der Waals surface area contributed by atoms with Gasteiger partial charge in [0.2, 0.25) is 10.0 Å². The van der Waals surface area contributed by atoms with Gasteiger partial charge in [-0.25, -0.2) is 17.5 Å². The molecule has 2 aliphatic rings. The standard InChI is InChI=1S/C28H21F4N5O3S/c29-20-4-6-21(7-5-20)37-24-13-19-9-12-36(41(39,40)22-8-11-34-25(14-22)28(30,31)32)17-27(19,15-18(24)16-35-37)26(38)23-3-1-2-10-33-23/h1-8,10-11,13-14,16H,9,12,15,17H2/t27-/m0/s1. The van der Waals surface area contributed by atoms with Crippen LogP contribution in [0.3, 0.4) is 0 Å². The van der Waals surface area contributed by atoms with Crippen LogP contribution >= 0.6 is 0 Å². The number of carbonyl (C=O) groups is 1. The molecule has 1 aromatic carbocycles. The van der Waals surface area contributed by atoms with Crippen LogP contribution < -0.4 is 0 Å². The number of hydrogen-bond donors (Lipinski definition) is 0. The Bertz CT molecular complexity index is 1790. The van der Waals surface area contributed by atoms with Crippen LogP contribution in [0.2, 0.25) is 0 Å². The smallest absolute Gasteiger partial charge is 0.291 e. The van der Waals surface area contributed by atoms with Gasteiger partial charge in [0.25, 0.3) is 0 Å². The second kappa shape index (κ2) is 9.70. The number of nitrogens with zero attached hydrogens (tertiary/aromatic N) is 5. The van der Waals surface area contributed by atoms with E-state index in [1.807, 2.05) is 0 Å². The van der Waals surface area contributed by atoms with Crippen LogP contribution in [0.5, 0.6) is 0 Å². The van der Waals surface area contributed by atoms with Crippen molar-refractivity contribution in [2.45, 2.75) is 23.9 Å². The molecular weight excluding hydrogens is 562 g/mol. The van der Waals surface area contributed by atoms with Crippen LogP contribution in [0.15, 0.2) is 83.7 Å². The number of hydrogen-bond acceptors (Lipinski definition) is 6. The van der Waals surface area contributed by atoms with E-state index < -0.39 is 43.8 Å². The van der Waals surface area contributed by atoms with E-state index in [1.165, 1.54) is 24.4 Å². The lowest BCUT2D eigenvalue weighted by molar-refractivity contribution is -0.141. The Morgan fingerprint density at radius 3 is 2.49 bits per heavy atom. The van der Waals surface area contributed by atoms with Crippen molar-refractivity contribution < 1.29 is 30.8 Å². The minimum absolute atomic E-state index is 0.0604. The number of benzene rings is 1. The molecule has 1 aliphatic heterocycles. The van der Waals surface area contributed by atoms with E-state index in [1.54, 1.807) is 41.2 Å². The number of fused-ring (bicyclic) bond motifs is 2. The van der Waals surface area contributed by atoms with Crippen LogP contribution in [0.1, 0.15) is 33.9 Å². The first-order valence-corrected chi connectivity index (χ1v) is 14.0. The van der Waals surface area contributed by atoms with Gasteiger partial charge in [0.1, 0.15) is 17.2 Å². The SMILES string of the molecule is O=C(c1ccccn1)[C@]12Cc3cnn(-c4ccc(F)cc4)c3C=C1CCN(S(=O)(=O)c1ccnc(C(F)(F)F)c1)C2. The maximum absolute atomic E-state index is 14.1. The predicted octanol–water partition coefficient (Wildman–Crippen LogP) is 4.72. The molecule has 13 heteroatoms. The first-order chi connectivity index (χ1) is 19.5. The van der Waals surface area contributed by atoms with Crippen LogP contribution in [0.25, 0.3) is 11.8 Å². The van der Waals surface area contributed by atoms with E-state index in [4.69, 9.17) is 0 Å². The monoisotopic (exact) mass is 583 g/mol. The third kappa shape index (κ3) is 4.64. The lowest BCUT2D eigenvalue weighted by atomic mass is 9.65. The molecule has 210 valence electrons. The van der Waals surface area contributed by atoms with Gasteiger partial charge in [-0.3, -0.25) is 14.8 Å². The quantitative estimate of drug-likeness (QED) is 0.249. The molecule has 0 radical (unpaired) electrons. The minimum atomic E-state index is -4.83. The van der Waals surface area contributed by atoms with E-state index in [-0.39, 0.29) is 31.6 Å². The van der Waals surface area contributed by atoms with E-state index in [0.717, 1.165) is 16.6 Å². The van der Waals surface area contributed by atoms with Gasteiger partial charge in [-0.2, -0.15) is 22.6 Å². The number of rotatable bonds is 5. The average Bonchev–Trinajstić information content (AvgIpc) is 3.38. The molecule has 0 N–H and O–H groups in total. The number of ketones is 1. The third-order valence-electron chi connectivity index (χ3n) is 7.44. The molecule has 1 aliphatic carbocycles. The number of carbonyl (C=O) groups excluding carboxylic acids is 1. The van der Waals surface area contributed by atoms with Gasteiger partial charge in [0.15, 0.2) is 5.78 Å². The number of pyridine rings is 2. The number of piperidine rings is 1. The average molecular weight is 584 g/mol. The molecule has 0 unspecified atom stereocenters. The van der Waals surface area contributed by atoms with Gasteiger partial charge in [-0.05, 0) is 73.0 Å². The van der Waals surface area contributed by atoms with E-state index in [9.17, 15) is 30.8 Å². The Hall–Kier alpha value is -4.23. The molecule has 1 atom stereocenters. The topological polar surface area (TPSA) is 98.0 Å². The number of Topliss-reactive ketones (excluding diaryl/α,β-unsaturated/α-hetero) is 1. The van der Waals surface area contributed by atoms with Crippen molar-refractivity contribution in [2.24, 2.45) is 5.41 Å². The zero-order valence-electron chi connectivity index (χ0n) is 21.2. The molecule has 6 rings (SSSR count). The fraction of sp³-hybridized carbons (Fsp3) is 0.214. The Labute approximate surface area is 232 Å². The molecule has 0 amide bonds. The maximum Gasteiger partial charge on any atom is 0.433 e. The summed E-state index contributed by atoms with van der Waals surface area (Å²) in [7, 11) is -4.43. The molecule has 41 heavy (non-hydrogen) atoms. The van der Waals surface area contributed by atoms with Crippen molar-refractivity contribution in [3.8, 4) is 5.69 Å². The summed E-state index contributed by atoms with van der Waals surface area (Å²) in [6.07, 6.45) is 1.03. The minimum Gasteiger partial charge on any atom is -0.291 e. The Morgan fingerprint density at radius 1 is 1.00 bits per heavy atom. The largest absolute Gasteiger partial charge is 0.433 e. The summed E-state index contributed by atoms with van der Waals surface area (Å²) in [5.41, 5.74) is 0.0267. The highest BCUT2D eigenvalue weighted by Crippen LogP contribution is 2.47. The van der Waals surface area contributed by atoms with Gasteiger partial charge in [0.05, 0.1) is 27.9 Å². The summed E-state index contributed by atoms with van der Waals surface area (Å²) in [6, 6.07) is 12.1. The number of halogens is 4. The molecule has 0 bridgehead atoms. The van der Waals surface area contributed by atoms with Crippen LogP contribution in [-0.2, 0) is 22.6 Å². The molecule has 0 spiro atoms. The fourth-order valence-electron chi connectivity index (χ4n) is 5.43. The molecular formula is C28H21F4N5O3S. The second-order valence-electron chi connectivity index (χ2n) is 9.88. The van der Waals surface area contributed by atoms with Crippen LogP contribution in [-0.4, -0.2) is 51.3 Å². The highest BCUT2D eigenvalue weighted by molar-refractivity contribution is 7.89. The molecule has 0 saturated carbocycles. The number of sulfonamides is 1. The highest BCUT2D eigenvalue weighted by atomic mass is 32.2. The van der Waals surface area contributed by atoms with Crippen LogP contribution in [0, 0.1) is 11.2 Å². The first-order valence-electron chi connectivity index (χ1n) is 12.5. The van der Waals surface area contributed by atoms with Crippen molar-refractivity contribution in [2.75, 3.05) is 13.1 Å². The summed E-state index contributed by atoms with van der Waals surface area (Å²) in [5, 5.41) is 4.44. The lowest BCUT2D eigenvalue weighted by Gasteiger charge is -2.44. The van der Waals surface area contributed by atoms with Gasteiger partial charge in [0, 0.05) is 25.5 Å². The van der Waals surface area contributed by atoms with Gasteiger partial charge in [-0.15, -0.1) is 0 Å². The summed E-state index contributed by atoms with van der Waals surface area (Å²) < 4.78 is 83.4. The highest BCUT2D eigenvalue weighted by Gasteiger charge is 2.51. The van der Waals surface area contributed by atoms with Crippen molar-refractivity contribution in [3.63, 3.8) is 0 Å². The maximum atomic E-state index is 14.1. The summed E-state index contributed by atoms with van der Waals surface area (Å²) in [6.45, 7) is -0.365. The lowest BCUT2D eigenvalue weighted by Crippen LogP contribution is -2.53. The summed E-state index contributed by atoms with van der Waals surface area (Å²) in [5.74, 6) is -0.812. The third-order valence-corrected chi connectivity index (χ3v) is 9.29. The van der Waals surface area contributed by atoms with E-state index in [0.29, 0.717) is 28.6 Å². The molecule has 1 saturated heterocycles. The normalized spacial score (nSPS) is 19.3. The fourth-order valence-corrected chi connectivity index (χ4v) is 6.94. The number of aromatic nitrogens is 4. The predicted molar refractivity (Wildman–Crippen MR) is 139 cm³/mol. The molecule has 4 heterocycles. The van der Waals surface area contributed by atoms with Gasteiger partial charge in [-0.1, -0.05) is 11.6 Å². The first kappa shape index (κ1) is 27.0. The summed E-state index contributed by atoms with van der Waals surface area (Å²) in [4.78, 5) is 21.0. The van der Waals surface area contributed by atoms with Crippen molar-refractivity contribution >= 4 is 21.9 Å². The number of alkyl halides is 3. The second-order valence-corrected chi connectivity index (χ2v) is 11.8. The van der Waals surface area contributed by atoms with Crippen molar-refractivity contribution in [1.29, 1.82) is 0 Å². The summed E-state index contributed by atoms with van der Waals surface area (Å²) >= 11 is 0. The van der Waals surface area contributed by atoms with E-state index in [2.05, 4.69) is 15.1 Å². The molecule has 3 aromatic heterocycles. The van der Waals surface area contributed by atoms with Gasteiger partial charge >= 0.3 is 6.18 Å².